The van der Waals surface area contributed by atoms with E-state index in [1.807, 2.05) is 6.07 Å². The molecule has 0 aromatic heterocycles. The highest BCUT2D eigenvalue weighted by Crippen LogP contribution is 2.25. The molecule has 1 saturated heterocycles. The summed E-state index contributed by atoms with van der Waals surface area (Å²) in [6.07, 6.45) is 2.87. The van der Waals surface area contributed by atoms with E-state index in [4.69, 9.17) is 10.00 Å². The predicted molar refractivity (Wildman–Crippen MR) is 96.5 cm³/mol. The van der Waals surface area contributed by atoms with Gasteiger partial charge >= 0.3 is 0 Å². The standard InChI is InChI=1S/C18H26BrN3O/c1-2-3-13-23-18-6-5-17(19)14-16(18)15-22-11-9-21(10-12-22)8-4-7-20/h5-6,14H,2-4,8-13,15H2,1H3. The second kappa shape index (κ2) is 9.92. The van der Waals surface area contributed by atoms with Crippen LogP contribution < -0.4 is 4.74 Å². The van der Waals surface area contributed by atoms with Crippen LogP contribution in [-0.4, -0.2) is 49.1 Å². The lowest BCUT2D eigenvalue weighted by Crippen LogP contribution is -2.46. The number of benzene rings is 1. The lowest BCUT2D eigenvalue weighted by atomic mass is 10.1. The number of ether oxygens (including phenoxy) is 1. The fourth-order valence-electron chi connectivity index (χ4n) is 2.76. The molecular formula is C18H26BrN3O. The Kier molecular flexibility index (Phi) is 7.87. The predicted octanol–water partition coefficient (Wildman–Crippen LogP) is 3.66. The van der Waals surface area contributed by atoms with Crippen molar-refractivity contribution in [1.82, 2.24) is 9.80 Å². The molecule has 0 bridgehead atoms. The van der Waals surface area contributed by atoms with Crippen LogP contribution in [0.25, 0.3) is 0 Å². The Morgan fingerprint density at radius 2 is 1.96 bits per heavy atom. The van der Waals surface area contributed by atoms with Crippen molar-refractivity contribution in [2.24, 2.45) is 0 Å². The van der Waals surface area contributed by atoms with Gasteiger partial charge in [-0.05, 0) is 24.6 Å². The van der Waals surface area contributed by atoms with Gasteiger partial charge in [0.15, 0.2) is 0 Å². The van der Waals surface area contributed by atoms with Gasteiger partial charge in [0.25, 0.3) is 0 Å². The van der Waals surface area contributed by atoms with Gasteiger partial charge in [0.1, 0.15) is 5.75 Å². The molecule has 0 N–H and O–H groups in total. The van der Waals surface area contributed by atoms with Gasteiger partial charge in [-0.3, -0.25) is 9.80 Å². The zero-order valence-corrected chi connectivity index (χ0v) is 15.5. The minimum atomic E-state index is 0.626. The molecule has 0 saturated carbocycles. The smallest absolute Gasteiger partial charge is 0.123 e. The number of rotatable bonds is 8. The van der Waals surface area contributed by atoms with Crippen LogP contribution in [-0.2, 0) is 6.54 Å². The number of hydrogen-bond acceptors (Lipinski definition) is 4. The molecule has 4 nitrogen and oxygen atoms in total. The second-order valence-corrected chi connectivity index (χ2v) is 6.90. The quantitative estimate of drug-likeness (QED) is 0.646. The molecule has 1 fully saturated rings. The van der Waals surface area contributed by atoms with Crippen LogP contribution in [0.4, 0.5) is 0 Å². The van der Waals surface area contributed by atoms with Gasteiger partial charge in [-0.25, -0.2) is 0 Å². The average Bonchev–Trinajstić information content (AvgIpc) is 2.56. The van der Waals surface area contributed by atoms with Gasteiger partial charge in [-0.2, -0.15) is 5.26 Å². The van der Waals surface area contributed by atoms with Crippen molar-refractivity contribution in [3.8, 4) is 11.8 Å². The van der Waals surface area contributed by atoms with Crippen LogP contribution in [0.1, 0.15) is 31.7 Å². The van der Waals surface area contributed by atoms with Crippen molar-refractivity contribution in [3.05, 3.63) is 28.2 Å². The van der Waals surface area contributed by atoms with E-state index in [0.717, 1.165) is 68.9 Å². The Labute approximate surface area is 148 Å². The van der Waals surface area contributed by atoms with E-state index >= 15 is 0 Å². The molecule has 126 valence electrons. The maximum Gasteiger partial charge on any atom is 0.123 e. The highest BCUT2D eigenvalue weighted by Gasteiger charge is 2.18. The van der Waals surface area contributed by atoms with E-state index in [1.54, 1.807) is 0 Å². The molecule has 0 aliphatic carbocycles. The van der Waals surface area contributed by atoms with Gasteiger partial charge in [0, 0.05) is 55.7 Å². The third-order valence-corrected chi connectivity index (χ3v) is 4.67. The van der Waals surface area contributed by atoms with Crippen molar-refractivity contribution in [3.63, 3.8) is 0 Å². The highest BCUT2D eigenvalue weighted by molar-refractivity contribution is 9.10. The van der Waals surface area contributed by atoms with E-state index in [2.05, 4.69) is 50.9 Å². The Balaban J connectivity index is 1.89. The summed E-state index contributed by atoms with van der Waals surface area (Å²) in [6.45, 7) is 8.96. The SMILES string of the molecule is CCCCOc1ccc(Br)cc1CN1CCN(CCC#N)CC1. The number of halogens is 1. The van der Waals surface area contributed by atoms with Crippen molar-refractivity contribution < 1.29 is 4.74 Å². The van der Waals surface area contributed by atoms with Crippen LogP contribution in [0.15, 0.2) is 22.7 Å². The van der Waals surface area contributed by atoms with E-state index < -0.39 is 0 Å². The maximum absolute atomic E-state index is 8.68. The molecule has 23 heavy (non-hydrogen) atoms. The average molecular weight is 380 g/mol. The second-order valence-electron chi connectivity index (χ2n) is 5.98. The Morgan fingerprint density at radius 1 is 1.22 bits per heavy atom. The molecule has 1 aliphatic rings. The Morgan fingerprint density at radius 3 is 2.65 bits per heavy atom. The summed E-state index contributed by atoms with van der Waals surface area (Å²) < 4.78 is 7.05. The van der Waals surface area contributed by atoms with E-state index in [9.17, 15) is 0 Å². The molecule has 0 unspecified atom stereocenters. The number of nitrogens with zero attached hydrogens (tertiary/aromatic N) is 3. The fourth-order valence-corrected chi connectivity index (χ4v) is 3.17. The number of piperazine rings is 1. The fraction of sp³-hybridized carbons (Fsp3) is 0.611. The first-order valence-electron chi connectivity index (χ1n) is 8.46. The number of hydrogen-bond donors (Lipinski definition) is 0. The summed E-state index contributed by atoms with van der Waals surface area (Å²) in [4.78, 5) is 4.84. The molecule has 1 aromatic rings. The van der Waals surface area contributed by atoms with Crippen LogP contribution in [0.3, 0.4) is 0 Å². The summed E-state index contributed by atoms with van der Waals surface area (Å²) in [6, 6.07) is 8.51. The van der Waals surface area contributed by atoms with Gasteiger partial charge in [0.05, 0.1) is 12.7 Å². The first-order chi connectivity index (χ1) is 11.2. The zero-order valence-electron chi connectivity index (χ0n) is 13.9. The van der Waals surface area contributed by atoms with Crippen molar-refractivity contribution >= 4 is 15.9 Å². The molecule has 2 rings (SSSR count). The molecule has 1 aromatic carbocycles. The van der Waals surface area contributed by atoms with E-state index in [0.29, 0.717) is 6.42 Å². The first kappa shape index (κ1) is 18.3. The molecule has 0 radical (unpaired) electrons. The van der Waals surface area contributed by atoms with Crippen LogP contribution >= 0.6 is 15.9 Å². The number of unbranched alkanes of at least 4 members (excludes halogenated alkanes) is 1. The largest absolute Gasteiger partial charge is 0.493 e. The third-order valence-electron chi connectivity index (χ3n) is 4.18. The third kappa shape index (κ3) is 6.14. The maximum atomic E-state index is 8.68. The van der Waals surface area contributed by atoms with E-state index in [1.165, 1.54) is 5.56 Å². The molecular weight excluding hydrogens is 354 g/mol. The monoisotopic (exact) mass is 379 g/mol. The Bertz CT molecular complexity index is 521. The molecule has 1 heterocycles. The summed E-state index contributed by atoms with van der Waals surface area (Å²) >= 11 is 3.57. The van der Waals surface area contributed by atoms with E-state index in [-0.39, 0.29) is 0 Å². The zero-order chi connectivity index (χ0) is 16.5. The van der Waals surface area contributed by atoms with Gasteiger partial charge in [0.2, 0.25) is 0 Å². The lowest BCUT2D eigenvalue weighted by molar-refractivity contribution is 0.128. The van der Waals surface area contributed by atoms with Crippen LogP contribution in [0, 0.1) is 11.3 Å². The van der Waals surface area contributed by atoms with Crippen molar-refractivity contribution in [2.75, 3.05) is 39.3 Å². The van der Waals surface area contributed by atoms with Gasteiger partial charge < -0.3 is 4.74 Å². The molecule has 0 atom stereocenters. The number of nitriles is 1. The molecule has 0 amide bonds. The normalized spacial score (nSPS) is 16.2. The van der Waals surface area contributed by atoms with Gasteiger partial charge in [-0.1, -0.05) is 29.3 Å². The Hall–Kier alpha value is -1.09. The summed E-state index contributed by atoms with van der Waals surface area (Å²) in [5.74, 6) is 1.01. The summed E-state index contributed by atoms with van der Waals surface area (Å²) in [7, 11) is 0. The lowest BCUT2D eigenvalue weighted by Gasteiger charge is -2.34. The minimum Gasteiger partial charge on any atom is -0.493 e. The van der Waals surface area contributed by atoms with Crippen LogP contribution in [0.5, 0.6) is 5.75 Å². The van der Waals surface area contributed by atoms with Crippen LogP contribution in [0.2, 0.25) is 0 Å². The first-order valence-corrected chi connectivity index (χ1v) is 9.25. The minimum absolute atomic E-state index is 0.626. The molecule has 5 heteroatoms. The molecule has 1 aliphatic heterocycles. The summed E-state index contributed by atoms with van der Waals surface area (Å²) in [5.41, 5.74) is 1.25. The summed E-state index contributed by atoms with van der Waals surface area (Å²) in [5, 5.41) is 8.68. The highest BCUT2D eigenvalue weighted by atomic mass is 79.9. The van der Waals surface area contributed by atoms with Crippen molar-refractivity contribution in [2.45, 2.75) is 32.7 Å². The van der Waals surface area contributed by atoms with Crippen molar-refractivity contribution in [1.29, 1.82) is 5.26 Å². The molecule has 0 spiro atoms. The topological polar surface area (TPSA) is 39.5 Å². The van der Waals surface area contributed by atoms with Gasteiger partial charge in [-0.15, -0.1) is 0 Å².